The topological polar surface area (TPSA) is 54.4 Å². The highest BCUT2D eigenvalue weighted by molar-refractivity contribution is 9.26. The molecule has 0 aromatic heterocycles. The summed E-state index contributed by atoms with van der Waals surface area (Å²) in [5.74, 6) is 3.99. The van der Waals surface area contributed by atoms with E-state index in [1.165, 1.54) is 0 Å². The highest BCUT2D eigenvalue weighted by Gasteiger charge is 2.38. The van der Waals surface area contributed by atoms with Gasteiger partial charge in [0, 0.05) is 0 Å². The number of thiol groups is 3. The van der Waals surface area contributed by atoms with Crippen molar-refractivity contribution in [3.05, 3.63) is 0 Å². The van der Waals surface area contributed by atoms with Crippen LogP contribution < -0.4 is 0 Å². The van der Waals surface area contributed by atoms with Gasteiger partial charge in [0.25, 0.3) is 0 Å². The molecule has 0 saturated heterocycles. The van der Waals surface area contributed by atoms with Crippen LogP contribution in [0.15, 0.2) is 0 Å². The molecular formula is C8H22O3S5. The highest BCUT2D eigenvalue weighted by Crippen LogP contribution is 2.72. The van der Waals surface area contributed by atoms with Crippen molar-refractivity contribution in [3.63, 3.8) is 0 Å². The summed E-state index contributed by atoms with van der Waals surface area (Å²) in [6.45, 7) is 3.72. The molecule has 0 bridgehead atoms. The Bertz CT molecular complexity index is 280. The van der Waals surface area contributed by atoms with E-state index in [4.69, 9.17) is 0 Å². The first-order valence-electron chi connectivity index (χ1n) is 5.12. The van der Waals surface area contributed by atoms with E-state index in [1.807, 2.05) is 13.8 Å². The second-order valence-electron chi connectivity index (χ2n) is 3.15. The van der Waals surface area contributed by atoms with Crippen LogP contribution in [0.1, 0.15) is 13.8 Å². The Kier molecular flexibility index (Phi) is 8.31. The van der Waals surface area contributed by atoms with Crippen molar-refractivity contribution in [2.75, 3.05) is 34.5 Å². The van der Waals surface area contributed by atoms with Crippen LogP contribution in [0.25, 0.3) is 0 Å². The maximum Gasteiger partial charge on any atom is 0.309 e. The predicted octanol–water partition coefficient (Wildman–Crippen LogP) is 2.41. The summed E-state index contributed by atoms with van der Waals surface area (Å²) in [6.07, 6.45) is 0. The molecule has 0 aromatic rings. The van der Waals surface area contributed by atoms with Gasteiger partial charge in [0.2, 0.25) is 0 Å². The minimum Gasteiger partial charge on any atom is -0.278 e. The molecule has 0 aliphatic heterocycles. The quantitative estimate of drug-likeness (QED) is 0.315. The van der Waals surface area contributed by atoms with Crippen LogP contribution in [0.4, 0.5) is 0 Å². The van der Waals surface area contributed by atoms with E-state index in [2.05, 4.69) is 25.3 Å². The summed E-state index contributed by atoms with van der Waals surface area (Å²) in [4.78, 5) is 0. The number of hydrogen-bond acceptors (Lipinski definition) is 4. The third-order valence-electron chi connectivity index (χ3n) is 2.46. The molecule has 0 atom stereocenters. The molecule has 0 unspecified atom stereocenters. The molecule has 0 aliphatic rings. The molecule has 0 fully saturated rings. The summed E-state index contributed by atoms with van der Waals surface area (Å²) >= 11 is 8.37. The lowest BCUT2D eigenvalue weighted by Crippen LogP contribution is -2.20. The van der Waals surface area contributed by atoms with E-state index < -0.39 is 27.2 Å². The van der Waals surface area contributed by atoms with E-state index in [9.17, 15) is 13.0 Å². The largest absolute Gasteiger partial charge is 0.309 e. The summed E-state index contributed by atoms with van der Waals surface area (Å²) in [5.41, 5.74) is 0. The smallest absolute Gasteiger partial charge is 0.278 e. The van der Waals surface area contributed by atoms with Gasteiger partial charge >= 0.3 is 9.15 Å². The Balaban J connectivity index is 5.27. The highest BCUT2D eigenvalue weighted by atomic mass is 33.6. The first kappa shape index (κ1) is 17.3. The second kappa shape index (κ2) is 7.68. The zero-order valence-electron chi connectivity index (χ0n) is 9.66. The van der Waals surface area contributed by atoms with Gasteiger partial charge in [-0.25, -0.2) is 9.93 Å². The molecule has 0 aliphatic carbocycles. The van der Waals surface area contributed by atoms with Crippen molar-refractivity contribution in [1.82, 2.24) is 0 Å². The van der Waals surface area contributed by atoms with Gasteiger partial charge in [-0.2, -0.15) is 33.7 Å². The molecule has 102 valence electrons. The molecule has 8 heteroatoms. The zero-order chi connectivity index (χ0) is 12.8. The van der Waals surface area contributed by atoms with Crippen LogP contribution >= 0.6 is 43.3 Å². The zero-order valence-corrected chi connectivity index (χ0v) is 14.0. The van der Waals surface area contributed by atoms with Crippen LogP contribution in [-0.4, -0.2) is 47.5 Å². The molecule has 0 rings (SSSR count). The monoisotopic (exact) mass is 326 g/mol. The van der Waals surface area contributed by atoms with E-state index in [-0.39, 0.29) is 0 Å². The van der Waals surface area contributed by atoms with Crippen LogP contribution in [0, 0.1) is 0 Å². The van der Waals surface area contributed by atoms with Crippen LogP contribution in [-0.2, 0) is 9.15 Å². The maximum absolute atomic E-state index is 11.7. The van der Waals surface area contributed by atoms with Crippen molar-refractivity contribution in [2.24, 2.45) is 0 Å². The molecule has 0 heterocycles. The molecule has 1 N–H and O–H groups in total. The minimum atomic E-state index is -3.93. The van der Waals surface area contributed by atoms with Crippen molar-refractivity contribution in [1.29, 1.82) is 0 Å². The predicted molar refractivity (Wildman–Crippen MR) is 86.6 cm³/mol. The van der Waals surface area contributed by atoms with Gasteiger partial charge in [-0.15, -0.1) is 0 Å². The lowest BCUT2D eigenvalue weighted by atomic mass is 10.9. The van der Waals surface area contributed by atoms with Crippen LogP contribution in [0.2, 0.25) is 0 Å². The maximum atomic E-state index is 11.7. The Morgan fingerprint density at radius 2 is 1.44 bits per heavy atom. The average molecular weight is 327 g/mol. The minimum absolute atomic E-state index is 0.537. The average Bonchev–Trinajstić information content (AvgIpc) is 2.19. The van der Waals surface area contributed by atoms with Gasteiger partial charge in [0.1, 0.15) is 0 Å². The third-order valence-corrected chi connectivity index (χ3v) is 21.4. The van der Waals surface area contributed by atoms with Crippen LogP contribution in [0.3, 0.4) is 0 Å². The summed E-state index contributed by atoms with van der Waals surface area (Å²) < 4.78 is 32.9. The van der Waals surface area contributed by atoms with Crippen molar-refractivity contribution in [2.45, 2.75) is 13.8 Å². The number of hydrogen-bond donors (Lipinski definition) is 4. The van der Waals surface area contributed by atoms with Crippen molar-refractivity contribution in [3.8, 4) is 0 Å². The fourth-order valence-corrected chi connectivity index (χ4v) is 18.3. The standard InChI is InChI=1S/C8H22O3S5/c1-3-15(4-2,16(9,10)11)14(7-5-12)8-6-13/h12-14H,3-8H2,1-2H3,(H,9,10,11). The number of rotatable bonds is 8. The third kappa shape index (κ3) is 3.91. The SMILES string of the molecule is CCS(CC)([SH](CCS)CCS)S(=O)(=O)O. The lowest BCUT2D eigenvalue weighted by Gasteiger charge is -2.44. The molecule has 16 heavy (non-hydrogen) atoms. The normalized spacial score (nSPS) is 14.9. The first-order chi connectivity index (χ1) is 7.39. The van der Waals surface area contributed by atoms with E-state index in [1.54, 1.807) is 0 Å². The Morgan fingerprint density at radius 3 is 1.62 bits per heavy atom. The van der Waals surface area contributed by atoms with Gasteiger partial charge < -0.3 is 0 Å². The first-order valence-corrected chi connectivity index (χ1v) is 12.6. The lowest BCUT2D eigenvalue weighted by molar-refractivity contribution is 0.502. The van der Waals surface area contributed by atoms with Gasteiger partial charge in [-0.1, -0.05) is 21.9 Å². The molecule has 0 spiro atoms. The molecule has 0 saturated carbocycles. The molecule has 0 radical (unpaired) electrons. The van der Waals surface area contributed by atoms with Gasteiger partial charge in [0.05, 0.1) is 0 Å². The fourth-order valence-electron chi connectivity index (χ4n) is 1.67. The van der Waals surface area contributed by atoms with Crippen LogP contribution in [0.5, 0.6) is 0 Å². The second-order valence-corrected chi connectivity index (χ2v) is 17.0. The summed E-state index contributed by atoms with van der Waals surface area (Å²) in [5, 5.41) is 0. The Labute approximate surface area is 113 Å². The van der Waals surface area contributed by atoms with Gasteiger partial charge in [-0.05, 0) is 34.5 Å². The van der Waals surface area contributed by atoms with Crippen molar-refractivity contribution < 1.29 is 13.0 Å². The molecule has 0 aromatic carbocycles. The Morgan fingerprint density at radius 1 is 1.06 bits per heavy atom. The summed E-state index contributed by atoms with van der Waals surface area (Å²) in [7, 11) is -6.59. The fraction of sp³-hybridized carbons (Fsp3) is 1.00. The van der Waals surface area contributed by atoms with E-state index in [0.717, 1.165) is 11.5 Å². The molecule has 0 amide bonds. The summed E-state index contributed by atoms with van der Waals surface area (Å²) in [6, 6.07) is 0. The van der Waals surface area contributed by atoms with E-state index in [0.29, 0.717) is 23.0 Å². The molecular weight excluding hydrogens is 304 g/mol. The van der Waals surface area contributed by atoms with E-state index >= 15 is 0 Å². The van der Waals surface area contributed by atoms with Gasteiger partial charge in [-0.3, -0.25) is 4.55 Å². The Hall–Kier alpha value is 1.31. The molecule has 3 nitrogen and oxygen atoms in total. The van der Waals surface area contributed by atoms with Gasteiger partial charge in [0.15, 0.2) is 0 Å². The van der Waals surface area contributed by atoms with Crippen molar-refractivity contribution >= 4 is 52.4 Å².